The number of amides is 1. The van der Waals surface area contributed by atoms with Crippen LogP contribution in [0.3, 0.4) is 0 Å². The molecule has 3 heterocycles. The molecule has 0 unspecified atom stereocenters. The van der Waals surface area contributed by atoms with Gasteiger partial charge in [0.05, 0.1) is 17.7 Å². The van der Waals surface area contributed by atoms with E-state index in [9.17, 15) is 4.79 Å². The number of hydrogen-bond donors (Lipinski definition) is 0. The Balaban J connectivity index is 1.66. The van der Waals surface area contributed by atoms with Gasteiger partial charge >= 0.3 is 0 Å². The minimum atomic E-state index is -0.0641. The van der Waals surface area contributed by atoms with Crippen molar-refractivity contribution in [1.82, 2.24) is 14.5 Å². The Labute approximate surface area is 149 Å². The Bertz CT molecular complexity index is 751. The highest BCUT2D eigenvalue weighted by Crippen LogP contribution is 2.36. The number of carbonyl (C=O) groups is 1. The highest BCUT2D eigenvalue weighted by atomic mass is 16.2. The van der Waals surface area contributed by atoms with Crippen LogP contribution in [0, 0.1) is 0 Å². The van der Waals surface area contributed by atoms with Crippen LogP contribution in [0.1, 0.15) is 67.4 Å². The molecule has 0 N–H and O–H groups in total. The van der Waals surface area contributed by atoms with Crippen LogP contribution in [-0.2, 0) is 18.3 Å². The minimum Gasteiger partial charge on any atom is -0.353 e. The van der Waals surface area contributed by atoms with Crippen molar-refractivity contribution >= 4 is 5.91 Å². The molecule has 0 bridgehead atoms. The lowest BCUT2D eigenvalue weighted by atomic mass is 9.85. The summed E-state index contributed by atoms with van der Waals surface area (Å²) in [5.41, 5.74) is 3.54. The van der Waals surface area contributed by atoms with Crippen molar-refractivity contribution in [2.45, 2.75) is 56.9 Å². The molecule has 0 saturated carbocycles. The van der Waals surface area contributed by atoms with Crippen molar-refractivity contribution in [3.05, 3.63) is 53.6 Å². The smallest absolute Gasteiger partial charge is 0.232 e. The van der Waals surface area contributed by atoms with E-state index in [1.54, 1.807) is 0 Å². The lowest BCUT2D eigenvalue weighted by Gasteiger charge is -2.35. The number of nitrogens with zero attached hydrogens (tertiary/aromatic N) is 3. The average Bonchev–Trinajstić information content (AvgIpc) is 2.92. The minimum absolute atomic E-state index is 0.0641. The Hall–Kier alpha value is -2.10. The van der Waals surface area contributed by atoms with E-state index in [0.717, 1.165) is 44.3 Å². The van der Waals surface area contributed by atoms with Gasteiger partial charge in [-0.25, -0.2) is 0 Å². The van der Waals surface area contributed by atoms with E-state index < -0.39 is 0 Å². The number of pyridine rings is 1. The Morgan fingerprint density at radius 2 is 2.04 bits per heavy atom. The van der Waals surface area contributed by atoms with Crippen LogP contribution < -0.4 is 0 Å². The summed E-state index contributed by atoms with van der Waals surface area (Å²) in [7, 11) is 2.08. The molecule has 4 nitrogen and oxygen atoms in total. The van der Waals surface area contributed by atoms with Crippen LogP contribution in [-0.4, -0.2) is 26.9 Å². The van der Waals surface area contributed by atoms with Gasteiger partial charge in [-0.2, -0.15) is 0 Å². The van der Waals surface area contributed by atoms with Gasteiger partial charge in [-0.05, 0) is 55.9 Å². The molecule has 4 rings (SSSR count). The number of carbonyl (C=O) groups excluding carboxylic acids is 1. The Morgan fingerprint density at radius 1 is 1.12 bits per heavy atom. The molecule has 25 heavy (non-hydrogen) atoms. The second-order valence-corrected chi connectivity index (χ2v) is 7.43. The average molecular weight is 337 g/mol. The van der Waals surface area contributed by atoms with E-state index in [1.807, 2.05) is 12.3 Å². The van der Waals surface area contributed by atoms with E-state index in [1.165, 1.54) is 24.1 Å². The summed E-state index contributed by atoms with van der Waals surface area (Å²) in [5, 5.41) is 0. The molecule has 1 amide bonds. The zero-order valence-electron chi connectivity index (χ0n) is 15.0. The molecule has 2 atom stereocenters. The van der Waals surface area contributed by atoms with Crippen molar-refractivity contribution in [2.24, 2.45) is 7.05 Å². The maximum absolute atomic E-state index is 13.6. The first-order valence-corrected chi connectivity index (χ1v) is 9.61. The molecule has 1 aliphatic heterocycles. The van der Waals surface area contributed by atoms with Crippen LogP contribution in [0.2, 0.25) is 0 Å². The molecule has 2 aromatic heterocycles. The fourth-order valence-electron chi connectivity index (χ4n) is 4.55. The summed E-state index contributed by atoms with van der Waals surface area (Å²) in [4.78, 5) is 20.3. The van der Waals surface area contributed by atoms with Gasteiger partial charge in [0.15, 0.2) is 0 Å². The van der Waals surface area contributed by atoms with Crippen LogP contribution in [0.5, 0.6) is 0 Å². The van der Waals surface area contributed by atoms with Gasteiger partial charge in [-0.3, -0.25) is 9.78 Å². The number of rotatable bonds is 2. The lowest BCUT2D eigenvalue weighted by Crippen LogP contribution is -2.40. The van der Waals surface area contributed by atoms with Crippen LogP contribution >= 0.6 is 0 Å². The number of likely N-dealkylation sites (tertiary alicyclic amines) is 1. The molecule has 132 valence electrons. The predicted molar refractivity (Wildman–Crippen MR) is 98.3 cm³/mol. The Morgan fingerprint density at radius 3 is 2.88 bits per heavy atom. The van der Waals surface area contributed by atoms with Crippen molar-refractivity contribution in [3.63, 3.8) is 0 Å². The second-order valence-electron chi connectivity index (χ2n) is 7.43. The zero-order chi connectivity index (χ0) is 17.2. The van der Waals surface area contributed by atoms with E-state index >= 15 is 0 Å². The SMILES string of the molecule is Cn1cccc1[C@H]1CCCCCN1C(=O)[C@@H]1CCCc2cccnc21. The molecule has 0 radical (unpaired) electrons. The maximum Gasteiger partial charge on any atom is 0.232 e. The zero-order valence-corrected chi connectivity index (χ0v) is 15.0. The van der Waals surface area contributed by atoms with Gasteiger partial charge in [0.25, 0.3) is 0 Å². The molecule has 1 aliphatic carbocycles. The number of fused-ring (bicyclic) bond motifs is 1. The van der Waals surface area contributed by atoms with E-state index in [4.69, 9.17) is 0 Å². The third kappa shape index (κ3) is 3.10. The molecule has 2 aromatic rings. The molecular formula is C21H27N3O. The van der Waals surface area contributed by atoms with Gasteiger partial charge < -0.3 is 9.47 Å². The van der Waals surface area contributed by atoms with Gasteiger partial charge in [0.1, 0.15) is 0 Å². The van der Waals surface area contributed by atoms with Crippen molar-refractivity contribution in [2.75, 3.05) is 6.54 Å². The topological polar surface area (TPSA) is 38.1 Å². The van der Waals surface area contributed by atoms with Crippen LogP contribution in [0.25, 0.3) is 0 Å². The number of aryl methyl sites for hydroxylation is 2. The summed E-state index contributed by atoms with van der Waals surface area (Å²) in [6.45, 7) is 0.868. The van der Waals surface area contributed by atoms with E-state index in [0.29, 0.717) is 0 Å². The normalized spacial score (nSPS) is 23.8. The molecule has 2 aliphatic rings. The third-order valence-corrected chi connectivity index (χ3v) is 5.85. The molecule has 0 aromatic carbocycles. The van der Waals surface area contributed by atoms with Crippen molar-refractivity contribution < 1.29 is 4.79 Å². The van der Waals surface area contributed by atoms with Crippen LogP contribution in [0.15, 0.2) is 36.7 Å². The molecule has 1 fully saturated rings. The Kier molecular flexibility index (Phi) is 4.60. The first-order valence-electron chi connectivity index (χ1n) is 9.61. The van der Waals surface area contributed by atoms with Gasteiger partial charge in [0.2, 0.25) is 5.91 Å². The molecule has 0 spiro atoms. The van der Waals surface area contributed by atoms with Crippen LogP contribution in [0.4, 0.5) is 0 Å². The van der Waals surface area contributed by atoms with Crippen molar-refractivity contribution in [1.29, 1.82) is 0 Å². The van der Waals surface area contributed by atoms with Gasteiger partial charge in [-0.1, -0.05) is 18.9 Å². The van der Waals surface area contributed by atoms with E-state index in [2.05, 4.69) is 45.9 Å². The maximum atomic E-state index is 13.6. The standard InChI is InChI=1S/C21H27N3O/c1-23-14-7-12-18(23)19-11-3-2-4-15-24(19)21(25)17-10-5-8-16-9-6-13-22-20(16)17/h6-7,9,12-14,17,19H,2-5,8,10-11,15H2,1H3/t17-,19-/m1/s1. The largest absolute Gasteiger partial charge is 0.353 e. The summed E-state index contributed by atoms with van der Waals surface area (Å²) < 4.78 is 2.17. The molecule has 4 heteroatoms. The molecular weight excluding hydrogens is 310 g/mol. The summed E-state index contributed by atoms with van der Waals surface area (Å²) in [5.74, 6) is 0.221. The molecule has 1 saturated heterocycles. The summed E-state index contributed by atoms with van der Waals surface area (Å²) >= 11 is 0. The fraction of sp³-hybridized carbons (Fsp3) is 0.524. The number of hydrogen-bond acceptors (Lipinski definition) is 2. The number of aromatic nitrogens is 2. The fourth-order valence-corrected chi connectivity index (χ4v) is 4.55. The van der Waals surface area contributed by atoms with Gasteiger partial charge in [-0.15, -0.1) is 0 Å². The summed E-state index contributed by atoms with van der Waals surface area (Å²) in [6, 6.07) is 8.58. The summed E-state index contributed by atoms with van der Waals surface area (Å²) in [6.07, 6.45) is 11.6. The highest BCUT2D eigenvalue weighted by molar-refractivity contribution is 5.84. The van der Waals surface area contributed by atoms with E-state index in [-0.39, 0.29) is 17.9 Å². The second kappa shape index (κ2) is 7.03. The monoisotopic (exact) mass is 337 g/mol. The van der Waals surface area contributed by atoms with Crippen molar-refractivity contribution in [3.8, 4) is 0 Å². The predicted octanol–water partition coefficient (Wildman–Crippen LogP) is 3.98. The van der Waals surface area contributed by atoms with Gasteiger partial charge in [0, 0.05) is 31.7 Å². The quantitative estimate of drug-likeness (QED) is 0.831. The first-order chi connectivity index (χ1) is 12.3. The third-order valence-electron chi connectivity index (χ3n) is 5.85. The highest BCUT2D eigenvalue weighted by Gasteiger charge is 2.35. The first kappa shape index (κ1) is 16.4. The lowest BCUT2D eigenvalue weighted by molar-refractivity contribution is -0.135.